The molecule has 0 amide bonds. The highest BCUT2D eigenvalue weighted by molar-refractivity contribution is 7.98. The predicted octanol–water partition coefficient (Wildman–Crippen LogP) is 6.47. The molecule has 3 nitrogen and oxygen atoms in total. The van der Waals surface area contributed by atoms with Gasteiger partial charge in [0.05, 0.1) is 11.2 Å². The number of aromatic nitrogens is 3. The second-order valence-electron chi connectivity index (χ2n) is 6.75. The van der Waals surface area contributed by atoms with Crippen LogP contribution >= 0.6 is 23.4 Å². The van der Waals surface area contributed by atoms with Gasteiger partial charge in [-0.05, 0) is 29.2 Å². The van der Waals surface area contributed by atoms with Crippen molar-refractivity contribution in [2.24, 2.45) is 0 Å². The zero-order chi connectivity index (χ0) is 18.8. The Hall–Kier alpha value is -2.30. The number of rotatable bonds is 5. The van der Waals surface area contributed by atoms with Crippen LogP contribution in [-0.4, -0.2) is 14.6 Å². The van der Waals surface area contributed by atoms with Crippen molar-refractivity contribution in [3.63, 3.8) is 0 Å². The van der Waals surface area contributed by atoms with Crippen LogP contribution in [0.25, 0.3) is 16.8 Å². The Labute approximate surface area is 168 Å². The van der Waals surface area contributed by atoms with Crippen LogP contribution in [0.2, 0.25) is 5.02 Å². The highest BCUT2D eigenvalue weighted by Gasteiger charge is 2.11. The Bertz CT molecular complexity index is 1070. The van der Waals surface area contributed by atoms with Gasteiger partial charge in [0.25, 0.3) is 0 Å². The molecule has 0 unspecified atom stereocenters. The summed E-state index contributed by atoms with van der Waals surface area (Å²) in [4.78, 5) is 4.55. The van der Waals surface area contributed by atoms with Gasteiger partial charge in [0.2, 0.25) is 0 Å². The van der Waals surface area contributed by atoms with Crippen molar-refractivity contribution in [2.45, 2.75) is 30.5 Å². The van der Waals surface area contributed by atoms with E-state index in [-0.39, 0.29) is 0 Å². The highest BCUT2D eigenvalue weighted by atomic mass is 35.5. The second-order valence-corrected chi connectivity index (χ2v) is 8.12. The summed E-state index contributed by atoms with van der Waals surface area (Å²) >= 11 is 7.95. The molecule has 136 valence electrons. The van der Waals surface area contributed by atoms with Gasteiger partial charge in [-0.2, -0.15) is 5.10 Å². The maximum atomic E-state index is 6.28. The van der Waals surface area contributed by atoms with E-state index >= 15 is 0 Å². The first kappa shape index (κ1) is 18.1. The number of benzene rings is 2. The summed E-state index contributed by atoms with van der Waals surface area (Å²) in [6, 6.07) is 18.7. The number of nitrogens with zero attached hydrogens (tertiary/aromatic N) is 3. The Morgan fingerprint density at radius 2 is 1.85 bits per heavy atom. The van der Waals surface area contributed by atoms with Gasteiger partial charge in [0, 0.05) is 28.7 Å². The fraction of sp³-hybridized carbons (Fsp3) is 0.182. The third kappa shape index (κ3) is 3.87. The fourth-order valence-corrected chi connectivity index (χ4v) is 4.21. The van der Waals surface area contributed by atoms with Crippen molar-refractivity contribution in [3.05, 3.63) is 83.1 Å². The topological polar surface area (TPSA) is 30.2 Å². The predicted molar refractivity (Wildman–Crippen MR) is 114 cm³/mol. The molecular formula is C22H20ClN3S. The van der Waals surface area contributed by atoms with Crippen LogP contribution in [0.4, 0.5) is 0 Å². The first-order valence-corrected chi connectivity index (χ1v) is 10.3. The minimum Gasteiger partial charge on any atom is -0.246 e. The van der Waals surface area contributed by atoms with E-state index in [1.54, 1.807) is 18.0 Å². The molecule has 0 atom stereocenters. The second kappa shape index (κ2) is 7.75. The summed E-state index contributed by atoms with van der Waals surface area (Å²) in [7, 11) is 0. The highest BCUT2D eigenvalue weighted by Crippen LogP contribution is 2.30. The van der Waals surface area contributed by atoms with Gasteiger partial charge in [-0.15, -0.1) is 0 Å². The first-order valence-electron chi connectivity index (χ1n) is 8.93. The third-order valence-corrected chi connectivity index (χ3v) is 5.96. The molecule has 0 aliphatic carbocycles. The van der Waals surface area contributed by atoms with E-state index in [1.165, 1.54) is 5.56 Å². The maximum absolute atomic E-state index is 6.28. The lowest BCUT2D eigenvalue weighted by Crippen LogP contribution is -1.92. The Morgan fingerprint density at radius 3 is 2.59 bits per heavy atom. The summed E-state index contributed by atoms with van der Waals surface area (Å²) in [5.74, 6) is 1.30. The molecule has 0 bridgehead atoms. The molecule has 27 heavy (non-hydrogen) atoms. The lowest BCUT2D eigenvalue weighted by atomic mass is 10.0. The summed E-state index contributed by atoms with van der Waals surface area (Å²) < 4.78 is 1.90. The third-order valence-electron chi connectivity index (χ3n) is 4.55. The van der Waals surface area contributed by atoms with Crippen molar-refractivity contribution in [1.29, 1.82) is 0 Å². The van der Waals surface area contributed by atoms with Gasteiger partial charge in [-0.25, -0.2) is 9.50 Å². The van der Waals surface area contributed by atoms with E-state index in [0.29, 0.717) is 5.92 Å². The largest absolute Gasteiger partial charge is 0.246 e. The number of halogens is 1. The number of hydrogen-bond acceptors (Lipinski definition) is 3. The summed E-state index contributed by atoms with van der Waals surface area (Å²) in [5.41, 5.74) is 5.53. The molecule has 0 aliphatic heterocycles. The molecule has 0 saturated heterocycles. The standard InChI is InChI=1S/C22H20ClN3S/c1-15(2)16-7-9-17(10-8-16)20-13-21-22(24-11-12-26(21)25-20)27-14-18-5-3-4-6-19(18)23/h3-13,15H,14H2,1-2H3. The minimum atomic E-state index is 0.525. The Kier molecular flexibility index (Phi) is 5.19. The molecule has 2 heterocycles. The summed E-state index contributed by atoms with van der Waals surface area (Å²) in [5, 5.41) is 6.47. The van der Waals surface area contributed by atoms with Crippen LogP contribution in [0.5, 0.6) is 0 Å². The Morgan fingerprint density at radius 1 is 1.07 bits per heavy atom. The van der Waals surface area contributed by atoms with Crippen LogP contribution in [0.15, 0.2) is 72.0 Å². The summed E-state index contributed by atoms with van der Waals surface area (Å²) in [6.07, 6.45) is 3.68. The molecule has 2 aromatic heterocycles. The zero-order valence-electron chi connectivity index (χ0n) is 15.3. The molecule has 4 rings (SSSR count). The van der Waals surface area contributed by atoms with Crippen LogP contribution in [0.1, 0.15) is 30.9 Å². The van der Waals surface area contributed by atoms with E-state index < -0.39 is 0 Å². The molecule has 0 fully saturated rings. The van der Waals surface area contributed by atoms with Gasteiger partial charge >= 0.3 is 0 Å². The summed E-state index contributed by atoms with van der Waals surface area (Å²) in [6.45, 7) is 4.40. The van der Waals surface area contributed by atoms with Crippen molar-refractivity contribution in [3.8, 4) is 11.3 Å². The molecule has 0 N–H and O–H groups in total. The SMILES string of the molecule is CC(C)c1ccc(-c2cc3c(SCc4ccccc4Cl)nccn3n2)cc1. The average molecular weight is 394 g/mol. The lowest BCUT2D eigenvalue weighted by molar-refractivity contribution is 0.866. The quantitative estimate of drug-likeness (QED) is 0.364. The van der Waals surface area contributed by atoms with E-state index in [0.717, 1.165) is 38.1 Å². The van der Waals surface area contributed by atoms with Crippen LogP contribution in [-0.2, 0) is 5.75 Å². The molecule has 0 spiro atoms. The van der Waals surface area contributed by atoms with Crippen molar-refractivity contribution in [1.82, 2.24) is 14.6 Å². The lowest BCUT2D eigenvalue weighted by Gasteiger charge is -2.05. The van der Waals surface area contributed by atoms with Crippen LogP contribution < -0.4 is 0 Å². The average Bonchev–Trinajstić information content (AvgIpc) is 3.12. The van der Waals surface area contributed by atoms with Crippen LogP contribution in [0, 0.1) is 0 Å². The fourth-order valence-electron chi connectivity index (χ4n) is 2.95. The van der Waals surface area contributed by atoms with Crippen LogP contribution in [0.3, 0.4) is 0 Å². The van der Waals surface area contributed by atoms with Gasteiger partial charge in [-0.1, -0.05) is 79.7 Å². The molecule has 5 heteroatoms. The van der Waals surface area contributed by atoms with Gasteiger partial charge in [0.15, 0.2) is 0 Å². The van der Waals surface area contributed by atoms with Gasteiger partial charge in [-0.3, -0.25) is 0 Å². The molecule has 0 radical (unpaired) electrons. The zero-order valence-corrected chi connectivity index (χ0v) is 16.8. The maximum Gasteiger partial charge on any atom is 0.122 e. The first-order chi connectivity index (χ1) is 13.1. The molecule has 2 aromatic carbocycles. The van der Waals surface area contributed by atoms with Gasteiger partial charge < -0.3 is 0 Å². The Balaban J connectivity index is 1.63. The molecule has 0 aliphatic rings. The van der Waals surface area contributed by atoms with Crippen molar-refractivity contribution in [2.75, 3.05) is 0 Å². The van der Waals surface area contributed by atoms with E-state index in [1.807, 2.05) is 35.0 Å². The van der Waals surface area contributed by atoms with E-state index in [4.69, 9.17) is 16.7 Å². The number of thioether (sulfide) groups is 1. The molecule has 0 saturated carbocycles. The number of hydrogen-bond donors (Lipinski definition) is 0. The van der Waals surface area contributed by atoms with E-state index in [9.17, 15) is 0 Å². The smallest absolute Gasteiger partial charge is 0.122 e. The van der Waals surface area contributed by atoms with E-state index in [2.05, 4.69) is 49.2 Å². The molecular weight excluding hydrogens is 374 g/mol. The minimum absolute atomic E-state index is 0.525. The monoisotopic (exact) mass is 393 g/mol. The normalized spacial score (nSPS) is 11.4. The van der Waals surface area contributed by atoms with Crippen molar-refractivity contribution >= 4 is 28.9 Å². The molecule has 4 aromatic rings. The number of fused-ring (bicyclic) bond motifs is 1. The van der Waals surface area contributed by atoms with Gasteiger partial charge in [0.1, 0.15) is 5.03 Å². The van der Waals surface area contributed by atoms with Crippen molar-refractivity contribution < 1.29 is 0 Å².